The molecule has 11 heteroatoms. The molecule has 0 unspecified atom stereocenters. The highest BCUT2D eigenvalue weighted by Gasteiger charge is 2.27. The molecule has 1 N–H and O–H groups in total. The van der Waals surface area contributed by atoms with E-state index in [-0.39, 0.29) is 21.8 Å². The van der Waals surface area contributed by atoms with Crippen molar-refractivity contribution in [2.45, 2.75) is 49.6 Å². The second-order valence-electron chi connectivity index (χ2n) is 7.90. The van der Waals surface area contributed by atoms with Gasteiger partial charge in [-0.15, -0.1) is 10.2 Å². The molecule has 3 aromatic rings. The summed E-state index contributed by atoms with van der Waals surface area (Å²) in [7, 11) is -3.62. The molecule has 1 aliphatic heterocycles. The summed E-state index contributed by atoms with van der Waals surface area (Å²) in [6.45, 7) is 4.61. The molecule has 4 rings (SSSR count). The number of rotatable bonds is 7. The number of nitrogens with zero attached hydrogens (tertiary/aromatic N) is 3. The Bertz CT molecular complexity index is 1230. The number of aryl methyl sites for hydroxylation is 2. The molecule has 1 aliphatic rings. The molecular formula is C22H26N4O5S2. The van der Waals surface area contributed by atoms with Gasteiger partial charge < -0.3 is 14.2 Å². The zero-order chi connectivity index (χ0) is 23.4. The smallest absolute Gasteiger partial charge is 0.277 e. The number of thioether (sulfide) groups is 1. The minimum absolute atomic E-state index is 0.0358. The highest BCUT2D eigenvalue weighted by atomic mass is 32.2. The quantitative estimate of drug-likeness (QED) is 0.489. The Morgan fingerprint density at radius 1 is 1.12 bits per heavy atom. The van der Waals surface area contributed by atoms with Gasteiger partial charge in [-0.3, -0.25) is 4.79 Å². The van der Waals surface area contributed by atoms with Crippen LogP contribution in [0.25, 0.3) is 11.5 Å². The van der Waals surface area contributed by atoms with E-state index in [1.807, 2.05) is 0 Å². The number of furan rings is 1. The van der Waals surface area contributed by atoms with Crippen LogP contribution in [-0.2, 0) is 14.8 Å². The maximum atomic E-state index is 13.2. The minimum atomic E-state index is -3.62. The van der Waals surface area contributed by atoms with Gasteiger partial charge in [-0.2, -0.15) is 4.31 Å². The molecule has 33 heavy (non-hydrogen) atoms. The fourth-order valence-corrected chi connectivity index (χ4v) is 6.02. The summed E-state index contributed by atoms with van der Waals surface area (Å²) in [6.07, 6.45) is 5.36. The maximum absolute atomic E-state index is 13.2. The third-order valence-corrected chi connectivity index (χ3v) is 8.34. The Morgan fingerprint density at radius 2 is 1.88 bits per heavy atom. The van der Waals surface area contributed by atoms with Crippen molar-refractivity contribution in [1.29, 1.82) is 0 Å². The number of amides is 1. The van der Waals surface area contributed by atoms with E-state index in [1.165, 1.54) is 12.3 Å². The summed E-state index contributed by atoms with van der Waals surface area (Å²) in [5.41, 5.74) is 1.79. The number of hydrogen-bond acceptors (Lipinski definition) is 8. The predicted octanol–water partition coefficient (Wildman–Crippen LogP) is 4.24. The Balaban J connectivity index is 1.40. The average Bonchev–Trinajstić information content (AvgIpc) is 3.33. The number of anilines is 1. The fourth-order valence-electron chi connectivity index (χ4n) is 3.69. The maximum Gasteiger partial charge on any atom is 0.277 e. The van der Waals surface area contributed by atoms with Crippen LogP contribution in [0.15, 0.2) is 49.5 Å². The van der Waals surface area contributed by atoms with Crippen molar-refractivity contribution >= 4 is 33.4 Å². The standard InChI is InChI=1S/C22H26N4O5S2/c1-15-7-8-17(13-19(15)33(28,29)26-10-5-3-4-6-11-26)23-20(27)14-32-22-25-24-21(31-22)18-9-12-30-16(18)2/h7-9,12-13H,3-6,10-11,14H2,1-2H3,(H,23,27). The molecule has 0 atom stereocenters. The fraction of sp³-hybridized carbons (Fsp3) is 0.409. The van der Waals surface area contributed by atoms with Gasteiger partial charge in [-0.05, 0) is 50.5 Å². The molecule has 9 nitrogen and oxygen atoms in total. The first kappa shape index (κ1) is 23.5. The largest absolute Gasteiger partial charge is 0.469 e. The molecular weight excluding hydrogens is 464 g/mol. The van der Waals surface area contributed by atoms with Crippen LogP contribution < -0.4 is 5.32 Å². The average molecular weight is 491 g/mol. The van der Waals surface area contributed by atoms with Crippen LogP contribution in [-0.4, -0.2) is 47.7 Å². The van der Waals surface area contributed by atoms with Crippen molar-refractivity contribution in [2.75, 3.05) is 24.2 Å². The first-order valence-electron chi connectivity index (χ1n) is 10.8. The van der Waals surface area contributed by atoms with Gasteiger partial charge in [-0.25, -0.2) is 8.42 Å². The van der Waals surface area contributed by atoms with Gasteiger partial charge in [0.05, 0.1) is 22.5 Å². The van der Waals surface area contributed by atoms with E-state index in [1.54, 1.807) is 36.4 Å². The van der Waals surface area contributed by atoms with E-state index >= 15 is 0 Å². The van der Waals surface area contributed by atoms with Crippen LogP contribution in [0.3, 0.4) is 0 Å². The van der Waals surface area contributed by atoms with E-state index in [2.05, 4.69) is 15.5 Å². The monoisotopic (exact) mass is 490 g/mol. The van der Waals surface area contributed by atoms with Crippen molar-refractivity contribution in [2.24, 2.45) is 0 Å². The van der Waals surface area contributed by atoms with Gasteiger partial charge in [0.2, 0.25) is 15.9 Å². The lowest BCUT2D eigenvalue weighted by molar-refractivity contribution is -0.113. The van der Waals surface area contributed by atoms with Crippen LogP contribution in [0.1, 0.15) is 37.0 Å². The predicted molar refractivity (Wildman–Crippen MR) is 124 cm³/mol. The number of hydrogen-bond donors (Lipinski definition) is 1. The van der Waals surface area contributed by atoms with Crippen molar-refractivity contribution < 1.29 is 22.0 Å². The van der Waals surface area contributed by atoms with Crippen LogP contribution in [0, 0.1) is 13.8 Å². The summed E-state index contributed by atoms with van der Waals surface area (Å²) in [5, 5.41) is 11.0. The third kappa shape index (κ3) is 5.48. The Labute approximate surface area is 197 Å². The number of benzene rings is 1. The minimum Gasteiger partial charge on any atom is -0.469 e. The Kier molecular flexibility index (Phi) is 7.20. The van der Waals surface area contributed by atoms with Gasteiger partial charge in [-0.1, -0.05) is 30.7 Å². The van der Waals surface area contributed by atoms with E-state index in [0.29, 0.717) is 41.6 Å². The molecule has 1 saturated heterocycles. The van der Waals surface area contributed by atoms with Crippen molar-refractivity contribution in [3.8, 4) is 11.5 Å². The van der Waals surface area contributed by atoms with Crippen LogP contribution in [0.2, 0.25) is 0 Å². The molecule has 1 aromatic carbocycles. The lowest BCUT2D eigenvalue weighted by atomic mass is 10.2. The third-order valence-electron chi connectivity index (χ3n) is 5.48. The number of aromatic nitrogens is 2. The van der Waals surface area contributed by atoms with Gasteiger partial charge in [0.25, 0.3) is 11.1 Å². The van der Waals surface area contributed by atoms with E-state index in [0.717, 1.165) is 37.4 Å². The SMILES string of the molecule is Cc1ccc(NC(=O)CSc2nnc(-c3ccoc3C)o2)cc1S(=O)(=O)N1CCCCCC1. The van der Waals surface area contributed by atoms with Crippen molar-refractivity contribution in [3.63, 3.8) is 0 Å². The summed E-state index contributed by atoms with van der Waals surface area (Å²) >= 11 is 1.10. The first-order valence-corrected chi connectivity index (χ1v) is 13.2. The van der Waals surface area contributed by atoms with Gasteiger partial charge in [0.15, 0.2) is 0 Å². The molecule has 0 radical (unpaired) electrons. The second kappa shape index (κ2) is 10.1. The van der Waals surface area contributed by atoms with Crippen LogP contribution in [0.5, 0.6) is 0 Å². The molecule has 0 bridgehead atoms. The first-order chi connectivity index (χ1) is 15.8. The summed E-state index contributed by atoms with van der Waals surface area (Å²) < 4.78 is 38.8. The molecule has 1 fully saturated rings. The highest BCUT2D eigenvalue weighted by molar-refractivity contribution is 7.99. The zero-order valence-corrected chi connectivity index (χ0v) is 20.2. The molecule has 0 spiro atoms. The molecule has 0 saturated carbocycles. The number of carbonyl (C=O) groups excluding carboxylic acids is 1. The number of sulfonamides is 1. The molecule has 1 amide bonds. The van der Waals surface area contributed by atoms with Gasteiger partial charge in [0, 0.05) is 18.8 Å². The van der Waals surface area contributed by atoms with Crippen LogP contribution >= 0.6 is 11.8 Å². The normalized spacial score (nSPS) is 15.3. The van der Waals surface area contributed by atoms with Crippen molar-refractivity contribution in [3.05, 3.63) is 41.9 Å². The number of nitrogens with one attached hydrogen (secondary N) is 1. The number of carbonyl (C=O) groups is 1. The van der Waals surface area contributed by atoms with Crippen LogP contribution in [0.4, 0.5) is 5.69 Å². The van der Waals surface area contributed by atoms with E-state index in [4.69, 9.17) is 8.83 Å². The molecule has 2 aromatic heterocycles. The zero-order valence-electron chi connectivity index (χ0n) is 18.5. The Hall–Kier alpha value is -2.63. The summed E-state index contributed by atoms with van der Waals surface area (Å²) in [6, 6.07) is 6.68. The van der Waals surface area contributed by atoms with Gasteiger partial charge >= 0.3 is 0 Å². The second-order valence-corrected chi connectivity index (χ2v) is 10.7. The molecule has 176 valence electrons. The topological polar surface area (TPSA) is 119 Å². The highest BCUT2D eigenvalue weighted by Crippen LogP contribution is 2.28. The van der Waals surface area contributed by atoms with Gasteiger partial charge in [0.1, 0.15) is 5.76 Å². The van der Waals surface area contributed by atoms with E-state index in [9.17, 15) is 13.2 Å². The summed E-state index contributed by atoms with van der Waals surface area (Å²) in [5.74, 6) is 0.721. The van der Waals surface area contributed by atoms with Crippen molar-refractivity contribution in [1.82, 2.24) is 14.5 Å². The molecule has 0 aliphatic carbocycles. The lowest BCUT2D eigenvalue weighted by Gasteiger charge is -2.21. The molecule has 3 heterocycles. The Morgan fingerprint density at radius 3 is 2.58 bits per heavy atom. The van der Waals surface area contributed by atoms with E-state index < -0.39 is 10.0 Å². The summed E-state index contributed by atoms with van der Waals surface area (Å²) in [4.78, 5) is 12.7. The lowest BCUT2D eigenvalue weighted by Crippen LogP contribution is -2.32.